The van der Waals surface area contributed by atoms with Crippen LogP contribution in [0.15, 0.2) is 36.4 Å². The minimum Gasteiger partial charge on any atom is -0.490 e. The summed E-state index contributed by atoms with van der Waals surface area (Å²) in [5.41, 5.74) is 6.66. The molecule has 1 rings (SSSR count). The molecule has 0 saturated heterocycles. The molecular weight excluding hydrogens is 198 g/mol. The SMILES string of the molecule is CCCCC=CCOc1cccc(CN)c1. The number of benzene rings is 1. The highest BCUT2D eigenvalue weighted by atomic mass is 16.5. The number of nitrogens with two attached hydrogens (primary N) is 1. The highest BCUT2D eigenvalue weighted by Gasteiger charge is 1.93. The average molecular weight is 219 g/mol. The first-order valence-corrected chi connectivity index (χ1v) is 5.93. The molecule has 2 heteroatoms. The van der Waals surface area contributed by atoms with E-state index in [0.717, 1.165) is 17.7 Å². The van der Waals surface area contributed by atoms with Gasteiger partial charge < -0.3 is 10.5 Å². The zero-order valence-corrected chi connectivity index (χ0v) is 9.99. The molecule has 0 fully saturated rings. The van der Waals surface area contributed by atoms with E-state index in [1.54, 1.807) is 0 Å². The van der Waals surface area contributed by atoms with E-state index in [2.05, 4.69) is 19.1 Å². The Labute approximate surface area is 98.1 Å². The first-order valence-electron chi connectivity index (χ1n) is 5.93. The van der Waals surface area contributed by atoms with Crippen LogP contribution in [0.25, 0.3) is 0 Å². The van der Waals surface area contributed by atoms with Gasteiger partial charge in [0.05, 0.1) is 0 Å². The molecule has 0 atom stereocenters. The lowest BCUT2D eigenvalue weighted by Gasteiger charge is -2.04. The third-order valence-corrected chi connectivity index (χ3v) is 2.37. The predicted octanol–water partition coefficient (Wildman–Crippen LogP) is 3.27. The second-order valence-corrected chi connectivity index (χ2v) is 3.78. The minimum absolute atomic E-state index is 0.559. The topological polar surface area (TPSA) is 35.2 Å². The molecule has 1 aromatic carbocycles. The van der Waals surface area contributed by atoms with Gasteiger partial charge in [0.2, 0.25) is 0 Å². The Bertz CT molecular complexity index is 320. The van der Waals surface area contributed by atoms with Crippen molar-refractivity contribution in [1.82, 2.24) is 0 Å². The summed E-state index contributed by atoms with van der Waals surface area (Å²) in [6.45, 7) is 3.39. The third-order valence-electron chi connectivity index (χ3n) is 2.37. The van der Waals surface area contributed by atoms with Crippen molar-refractivity contribution >= 4 is 0 Å². The van der Waals surface area contributed by atoms with Crippen LogP contribution in [0.3, 0.4) is 0 Å². The highest BCUT2D eigenvalue weighted by Crippen LogP contribution is 2.12. The first-order chi connectivity index (χ1) is 7.86. The van der Waals surface area contributed by atoms with Crippen LogP contribution in [-0.4, -0.2) is 6.61 Å². The normalized spacial score (nSPS) is 10.9. The van der Waals surface area contributed by atoms with Gasteiger partial charge in [0.25, 0.3) is 0 Å². The molecule has 0 radical (unpaired) electrons. The molecule has 1 aromatic rings. The fourth-order valence-corrected chi connectivity index (χ4v) is 1.41. The van der Waals surface area contributed by atoms with Gasteiger partial charge in [0, 0.05) is 6.54 Å². The van der Waals surface area contributed by atoms with Crippen LogP contribution >= 0.6 is 0 Å². The van der Waals surface area contributed by atoms with Crippen molar-refractivity contribution in [2.45, 2.75) is 32.7 Å². The summed E-state index contributed by atoms with van der Waals surface area (Å²) in [6.07, 6.45) is 7.88. The van der Waals surface area contributed by atoms with Gasteiger partial charge in [-0.1, -0.05) is 44.1 Å². The van der Waals surface area contributed by atoms with Gasteiger partial charge in [0.1, 0.15) is 12.4 Å². The standard InChI is InChI=1S/C14H21NO/c1-2-3-4-5-6-10-16-14-9-7-8-13(11-14)12-15/h5-9,11H,2-4,10,12,15H2,1H3. The van der Waals surface area contributed by atoms with Gasteiger partial charge >= 0.3 is 0 Å². The molecule has 16 heavy (non-hydrogen) atoms. The molecule has 0 amide bonds. The van der Waals surface area contributed by atoms with Crippen LogP contribution in [0.5, 0.6) is 5.75 Å². The van der Waals surface area contributed by atoms with Crippen molar-refractivity contribution in [1.29, 1.82) is 0 Å². The molecule has 0 spiro atoms. The number of ether oxygens (including phenoxy) is 1. The second-order valence-electron chi connectivity index (χ2n) is 3.78. The van der Waals surface area contributed by atoms with E-state index in [9.17, 15) is 0 Å². The average Bonchev–Trinajstić information content (AvgIpc) is 2.34. The van der Waals surface area contributed by atoms with Crippen molar-refractivity contribution in [2.75, 3.05) is 6.61 Å². The van der Waals surface area contributed by atoms with Crippen LogP contribution in [0.1, 0.15) is 31.7 Å². The maximum atomic E-state index is 5.59. The molecule has 0 aliphatic rings. The van der Waals surface area contributed by atoms with Gasteiger partial charge in [0.15, 0.2) is 0 Å². The maximum Gasteiger partial charge on any atom is 0.120 e. The zero-order chi connectivity index (χ0) is 11.6. The van der Waals surface area contributed by atoms with E-state index in [-0.39, 0.29) is 0 Å². The zero-order valence-electron chi connectivity index (χ0n) is 9.99. The van der Waals surface area contributed by atoms with E-state index < -0.39 is 0 Å². The molecule has 0 aliphatic carbocycles. The molecule has 0 bridgehead atoms. The molecule has 0 aromatic heterocycles. The van der Waals surface area contributed by atoms with Crippen LogP contribution < -0.4 is 10.5 Å². The van der Waals surface area contributed by atoms with Crippen LogP contribution in [-0.2, 0) is 6.54 Å². The molecule has 0 heterocycles. The Hall–Kier alpha value is -1.28. The summed E-state index contributed by atoms with van der Waals surface area (Å²) in [7, 11) is 0. The minimum atomic E-state index is 0.559. The number of hydrogen-bond donors (Lipinski definition) is 1. The van der Waals surface area contributed by atoms with Gasteiger partial charge in [-0.25, -0.2) is 0 Å². The van der Waals surface area contributed by atoms with Gasteiger partial charge in [-0.2, -0.15) is 0 Å². The molecule has 0 aliphatic heterocycles. The van der Waals surface area contributed by atoms with E-state index in [1.807, 2.05) is 24.3 Å². The van der Waals surface area contributed by atoms with Crippen molar-refractivity contribution in [2.24, 2.45) is 5.73 Å². The quantitative estimate of drug-likeness (QED) is 0.564. The lowest BCUT2D eigenvalue weighted by Crippen LogP contribution is -1.98. The van der Waals surface area contributed by atoms with Crippen molar-refractivity contribution in [3.8, 4) is 5.75 Å². The maximum absolute atomic E-state index is 5.59. The number of allylic oxidation sites excluding steroid dienone is 1. The van der Waals surface area contributed by atoms with Crippen molar-refractivity contribution in [3.05, 3.63) is 42.0 Å². The second kappa shape index (κ2) is 7.94. The number of rotatable bonds is 7. The molecular formula is C14H21NO. The molecule has 0 unspecified atom stereocenters. The number of unbranched alkanes of at least 4 members (excludes halogenated alkanes) is 2. The Morgan fingerprint density at radius 1 is 1.31 bits per heavy atom. The lowest BCUT2D eigenvalue weighted by molar-refractivity contribution is 0.362. The van der Waals surface area contributed by atoms with Crippen molar-refractivity contribution in [3.63, 3.8) is 0 Å². The van der Waals surface area contributed by atoms with Crippen LogP contribution in [0, 0.1) is 0 Å². The number of hydrogen-bond acceptors (Lipinski definition) is 2. The molecule has 0 saturated carbocycles. The summed E-state index contributed by atoms with van der Waals surface area (Å²) < 4.78 is 5.59. The monoisotopic (exact) mass is 219 g/mol. The van der Waals surface area contributed by atoms with Gasteiger partial charge in [-0.05, 0) is 24.1 Å². The Balaban J connectivity index is 2.28. The molecule has 88 valence electrons. The van der Waals surface area contributed by atoms with E-state index >= 15 is 0 Å². The lowest BCUT2D eigenvalue weighted by atomic mass is 10.2. The summed E-state index contributed by atoms with van der Waals surface area (Å²) >= 11 is 0. The van der Waals surface area contributed by atoms with E-state index in [4.69, 9.17) is 10.5 Å². The summed E-state index contributed by atoms with van der Waals surface area (Å²) in [5.74, 6) is 0.892. The van der Waals surface area contributed by atoms with Crippen LogP contribution in [0.4, 0.5) is 0 Å². The Morgan fingerprint density at radius 2 is 2.19 bits per heavy atom. The Kier molecular flexibility index (Phi) is 6.35. The predicted molar refractivity (Wildman–Crippen MR) is 68.5 cm³/mol. The fraction of sp³-hybridized carbons (Fsp3) is 0.429. The van der Waals surface area contributed by atoms with E-state index in [0.29, 0.717) is 13.2 Å². The van der Waals surface area contributed by atoms with Crippen molar-refractivity contribution < 1.29 is 4.74 Å². The van der Waals surface area contributed by atoms with Gasteiger partial charge in [-0.15, -0.1) is 0 Å². The smallest absolute Gasteiger partial charge is 0.120 e. The molecule has 2 N–H and O–H groups in total. The Morgan fingerprint density at radius 3 is 2.94 bits per heavy atom. The first kappa shape index (κ1) is 12.8. The largest absolute Gasteiger partial charge is 0.490 e. The van der Waals surface area contributed by atoms with Crippen LogP contribution in [0.2, 0.25) is 0 Å². The summed E-state index contributed by atoms with van der Waals surface area (Å²) in [4.78, 5) is 0. The molecule has 2 nitrogen and oxygen atoms in total. The van der Waals surface area contributed by atoms with E-state index in [1.165, 1.54) is 12.8 Å². The van der Waals surface area contributed by atoms with Gasteiger partial charge in [-0.3, -0.25) is 0 Å². The summed E-state index contributed by atoms with van der Waals surface area (Å²) in [6, 6.07) is 7.92. The highest BCUT2D eigenvalue weighted by molar-refractivity contribution is 5.28. The summed E-state index contributed by atoms with van der Waals surface area (Å²) in [5, 5.41) is 0. The third kappa shape index (κ3) is 4.99. The fourth-order valence-electron chi connectivity index (χ4n) is 1.41.